The van der Waals surface area contributed by atoms with Crippen LogP contribution in [0.4, 0.5) is 5.82 Å². The average molecular weight is 298 g/mol. The van der Waals surface area contributed by atoms with Crippen molar-refractivity contribution in [3.05, 3.63) is 17.0 Å². The largest absolute Gasteiger partial charge is 0.381 e. The lowest BCUT2D eigenvalue weighted by molar-refractivity contribution is 0.186. The van der Waals surface area contributed by atoms with Crippen molar-refractivity contribution in [1.29, 1.82) is 0 Å². The van der Waals surface area contributed by atoms with Crippen LogP contribution in [0.5, 0.6) is 0 Å². The number of aromatic nitrogens is 2. The summed E-state index contributed by atoms with van der Waals surface area (Å²) in [4.78, 5) is 10.9. The lowest BCUT2D eigenvalue weighted by Crippen LogP contribution is -2.32. The predicted molar refractivity (Wildman–Crippen MR) is 69.0 cm³/mol. The van der Waals surface area contributed by atoms with Gasteiger partial charge in [-0.25, -0.2) is 9.97 Å². The summed E-state index contributed by atoms with van der Waals surface area (Å²) in [6.45, 7) is 2.86. The maximum absolute atomic E-state index is 5.45. The second-order valence-corrected chi connectivity index (χ2v) is 5.66. The number of ether oxygens (including phenoxy) is 1. The highest BCUT2D eigenvalue weighted by molar-refractivity contribution is 9.10. The monoisotopic (exact) mass is 297 g/mol. The smallest absolute Gasteiger partial charge is 0.146 e. The highest BCUT2D eigenvalue weighted by atomic mass is 79.9. The molecule has 0 N–H and O–H groups in total. The summed E-state index contributed by atoms with van der Waals surface area (Å²) in [6.07, 6.45) is 7.18. The summed E-state index contributed by atoms with van der Waals surface area (Å²) in [5.74, 6) is 1.69. The summed E-state index contributed by atoms with van der Waals surface area (Å²) in [6, 6.07) is 0.668. The molecule has 2 fully saturated rings. The second kappa shape index (κ2) is 4.90. The Kier molecular flexibility index (Phi) is 3.29. The van der Waals surface area contributed by atoms with Gasteiger partial charge in [0.25, 0.3) is 0 Å². The van der Waals surface area contributed by atoms with Crippen LogP contribution < -0.4 is 4.90 Å². The number of anilines is 1. The van der Waals surface area contributed by atoms with Crippen LogP contribution in [0.25, 0.3) is 0 Å². The van der Waals surface area contributed by atoms with Crippen molar-refractivity contribution in [2.45, 2.75) is 25.3 Å². The van der Waals surface area contributed by atoms with E-state index in [1.165, 1.54) is 19.3 Å². The summed E-state index contributed by atoms with van der Waals surface area (Å²) in [5, 5.41) is 0. The van der Waals surface area contributed by atoms with Crippen molar-refractivity contribution in [2.75, 3.05) is 24.7 Å². The summed E-state index contributed by atoms with van der Waals surface area (Å²) in [5.41, 5.74) is 0. The van der Waals surface area contributed by atoms with Gasteiger partial charge < -0.3 is 9.64 Å². The van der Waals surface area contributed by atoms with E-state index in [1.807, 2.05) is 6.20 Å². The van der Waals surface area contributed by atoms with Crippen LogP contribution in [0, 0.1) is 5.92 Å². The van der Waals surface area contributed by atoms with E-state index in [-0.39, 0.29) is 0 Å². The van der Waals surface area contributed by atoms with Crippen LogP contribution in [-0.2, 0) is 4.74 Å². The molecule has 2 aliphatic rings. The Morgan fingerprint density at radius 2 is 2.29 bits per heavy atom. The van der Waals surface area contributed by atoms with Gasteiger partial charge in [-0.05, 0) is 35.2 Å². The van der Waals surface area contributed by atoms with Crippen molar-refractivity contribution in [3.8, 4) is 0 Å². The molecule has 0 unspecified atom stereocenters. The molecular weight excluding hydrogens is 282 g/mol. The highest BCUT2D eigenvalue weighted by Gasteiger charge is 2.33. The van der Waals surface area contributed by atoms with Crippen molar-refractivity contribution in [2.24, 2.45) is 5.92 Å². The number of nitrogens with zero attached hydrogens (tertiary/aromatic N) is 3. The van der Waals surface area contributed by atoms with Crippen molar-refractivity contribution in [1.82, 2.24) is 9.97 Å². The molecule has 4 nitrogen and oxygen atoms in total. The van der Waals surface area contributed by atoms with Gasteiger partial charge in [-0.15, -0.1) is 0 Å². The summed E-state index contributed by atoms with van der Waals surface area (Å²) < 4.78 is 6.44. The first-order chi connectivity index (χ1) is 8.34. The van der Waals surface area contributed by atoms with E-state index < -0.39 is 0 Å². The van der Waals surface area contributed by atoms with Gasteiger partial charge in [-0.1, -0.05) is 0 Å². The Morgan fingerprint density at radius 1 is 1.41 bits per heavy atom. The molecular formula is C12H16BrN3O. The Morgan fingerprint density at radius 3 is 2.94 bits per heavy atom. The SMILES string of the molecule is Brc1cncnc1N(C[C@@H]1CCOC1)C1CC1. The molecule has 92 valence electrons. The quantitative estimate of drug-likeness (QED) is 0.854. The maximum Gasteiger partial charge on any atom is 0.146 e. The van der Waals surface area contributed by atoms with Gasteiger partial charge in [0.15, 0.2) is 0 Å². The fourth-order valence-electron chi connectivity index (χ4n) is 2.32. The first-order valence-electron chi connectivity index (χ1n) is 6.14. The van der Waals surface area contributed by atoms with Gasteiger partial charge in [0.1, 0.15) is 12.1 Å². The molecule has 1 atom stereocenters. The van der Waals surface area contributed by atoms with Crippen LogP contribution in [0.15, 0.2) is 17.0 Å². The molecule has 17 heavy (non-hydrogen) atoms. The molecule has 1 aliphatic heterocycles. The minimum Gasteiger partial charge on any atom is -0.381 e. The van der Waals surface area contributed by atoms with Gasteiger partial charge in [-0.3, -0.25) is 0 Å². The van der Waals surface area contributed by atoms with E-state index in [9.17, 15) is 0 Å². The Hall–Kier alpha value is -0.680. The lowest BCUT2D eigenvalue weighted by Gasteiger charge is -2.26. The van der Waals surface area contributed by atoms with Gasteiger partial charge in [-0.2, -0.15) is 0 Å². The van der Waals surface area contributed by atoms with E-state index >= 15 is 0 Å². The molecule has 1 saturated carbocycles. The summed E-state index contributed by atoms with van der Waals surface area (Å²) >= 11 is 3.54. The predicted octanol–water partition coefficient (Wildman–Crippen LogP) is 2.24. The van der Waals surface area contributed by atoms with Gasteiger partial charge in [0.05, 0.1) is 11.1 Å². The molecule has 0 amide bonds. The van der Waals surface area contributed by atoms with Gasteiger partial charge in [0.2, 0.25) is 0 Å². The third-order valence-corrected chi connectivity index (χ3v) is 3.95. The van der Waals surface area contributed by atoms with E-state index in [0.717, 1.165) is 30.0 Å². The molecule has 3 rings (SSSR count). The molecule has 1 aliphatic carbocycles. The van der Waals surface area contributed by atoms with E-state index in [4.69, 9.17) is 4.74 Å². The molecule has 0 aromatic carbocycles. The Balaban J connectivity index is 1.77. The molecule has 1 aromatic heterocycles. The van der Waals surface area contributed by atoms with E-state index in [2.05, 4.69) is 30.8 Å². The number of halogens is 1. The van der Waals surface area contributed by atoms with Crippen LogP contribution in [0.2, 0.25) is 0 Å². The normalized spacial score (nSPS) is 23.9. The van der Waals surface area contributed by atoms with E-state index in [0.29, 0.717) is 12.0 Å². The van der Waals surface area contributed by atoms with E-state index in [1.54, 1.807) is 6.33 Å². The first kappa shape index (κ1) is 11.4. The van der Waals surface area contributed by atoms with Crippen LogP contribution in [0.1, 0.15) is 19.3 Å². The highest BCUT2D eigenvalue weighted by Crippen LogP contribution is 2.35. The fourth-order valence-corrected chi connectivity index (χ4v) is 2.77. The van der Waals surface area contributed by atoms with Crippen LogP contribution >= 0.6 is 15.9 Å². The molecule has 2 heterocycles. The van der Waals surface area contributed by atoms with Crippen LogP contribution in [0.3, 0.4) is 0 Å². The zero-order valence-electron chi connectivity index (χ0n) is 9.68. The molecule has 0 spiro atoms. The number of rotatable bonds is 4. The Labute approximate surface area is 110 Å². The third-order valence-electron chi connectivity index (χ3n) is 3.39. The lowest BCUT2D eigenvalue weighted by atomic mass is 10.1. The Bertz CT molecular complexity index is 391. The third kappa shape index (κ3) is 2.60. The number of hydrogen-bond acceptors (Lipinski definition) is 4. The van der Waals surface area contributed by atoms with Crippen LogP contribution in [-0.4, -0.2) is 35.8 Å². The molecule has 1 saturated heterocycles. The topological polar surface area (TPSA) is 38.2 Å². The van der Waals surface area contributed by atoms with Gasteiger partial charge >= 0.3 is 0 Å². The summed E-state index contributed by atoms with van der Waals surface area (Å²) in [7, 11) is 0. The first-order valence-corrected chi connectivity index (χ1v) is 6.94. The van der Waals surface area contributed by atoms with Gasteiger partial charge in [0, 0.05) is 31.3 Å². The molecule has 5 heteroatoms. The van der Waals surface area contributed by atoms with Crippen molar-refractivity contribution >= 4 is 21.7 Å². The average Bonchev–Trinajstić information content (AvgIpc) is 3.05. The number of hydrogen-bond donors (Lipinski definition) is 0. The van der Waals surface area contributed by atoms with Crippen molar-refractivity contribution < 1.29 is 4.74 Å². The minimum absolute atomic E-state index is 0.650. The molecule has 1 aromatic rings. The maximum atomic E-state index is 5.45. The fraction of sp³-hybridized carbons (Fsp3) is 0.667. The zero-order valence-corrected chi connectivity index (χ0v) is 11.3. The minimum atomic E-state index is 0.650. The standard InChI is InChI=1S/C12H16BrN3O/c13-11-5-14-8-15-12(11)16(10-1-2-10)6-9-3-4-17-7-9/h5,8-10H,1-4,6-7H2/t9-/m0/s1. The molecule has 0 radical (unpaired) electrons. The van der Waals surface area contributed by atoms with Crippen molar-refractivity contribution in [3.63, 3.8) is 0 Å². The second-order valence-electron chi connectivity index (χ2n) is 4.81. The molecule has 0 bridgehead atoms. The zero-order chi connectivity index (χ0) is 11.7.